The molecule has 0 amide bonds. The predicted molar refractivity (Wildman–Crippen MR) is 113 cm³/mol. The van der Waals surface area contributed by atoms with Crippen LogP contribution in [0.25, 0.3) is 22.8 Å². The topological polar surface area (TPSA) is 118 Å². The van der Waals surface area contributed by atoms with E-state index < -0.39 is 44.0 Å². The molecule has 6 rings (SSSR count). The minimum atomic E-state index is -2.62. The third-order valence-corrected chi connectivity index (χ3v) is 6.07. The molecule has 0 spiro atoms. The summed E-state index contributed by atoms with van der Waals surface area (Å²) >= 11 is 0. The number of alkyl halides is 1. The molecule has 1 aliphatic carbocycles. The molecule has 166 valence electrons. The largest absolute Gasteiger partial charge is 0.507 e. The maximum absolute atomic E-state index is 15.6. The molecule has 3 aromatic rings. The molecule has 2 aromatic heterocycles. The zero-order valence-corrected chi connectivity index (χ0v) is 16.6. The average Bonchev–Trinajstić information content (AvgIpc) is 3.43. The van der Waals surface area contributed by atoms with Crippen LogP contribution in [0.4, 0.5) is 10.2 Å². The van der Waals surface area contributed by atoms with Crippen molar-refractivity contribution in [2.45, 2.75) is 62.3 Å². The van der Waals surface area contributed by atoms with Crippen LogP contribution in [0.1, 0.15) is 43.0 Å². The van der Waals surface area contributed by atoms with Gasteiger partial charge in [-0.3, -0.25) is 0 Å². The quantitative estimate of drug-likeness (QED) is 0.604. The van der Waals surface area contributed by atoms with Crippen LogP contribution in [-0.2, 0) is 6.98 Å². The minimum absolute atomic E-state index is 0.0338. The molecule has 3 fully saturated rings. The molecule has 32 heavy (non-hydrogen) atoms. The predicted octanol–water partition coefficient (Wildman–Crippen LogP) is 1.63. The molecule has 2 aliphatic heterocycles. The first-order valence-corrected chi connectivity index (χ1v) is 10.2. The summed E-state index contributed by atoms with van der Waals surface area (Å²) in [7, 11) is 0. The number of hydrogen-bond donors (Lipinski definition) is 2. The molecular weight excluding hydrogens is 413 g/mol. The fourth-order valence-corrected chi connectivity index (χ4v) is 4.52. The van der Waals surface area contributed by atoms with Crippen LogP contribution in [0.3, 0.4) is 0 Å². The highest BCUT2D eigenvalue weighted by molar-refractivity contribution is 5.70. The number of aryl methyl sites for hydroxylation is 1. The Morgan fingerprint density at radius 3 is 2.91 bits per heavy atom. The lowest BCUT2D eigenvalue weighted by Crippen LogP contribution is -2.57. The van der Waals surface area contributed by atoms with Crippen LogP contribution in [0.15, 0.2) is 24.4 Å². The van der Waals surface area contributed by atoms with Crippen molar-refractivity contribution in [2.75, 3.05) is 4.90 Å². The monoisotopic (exact) mass is 445 g/mol. The van der Waals surface area contributed by atoms with Crippen molar-refractivity contribution in [3.05, 3.63) is 24.4 Å². The Balaban J connectivity index is 1.32. The summed E-state index contributed by atoms with van der Waals surface area (Å²) in [6.45, 7) is -2.62. The Kier molecular flexibility index (Phi) is 2.96. The molecule has 3 aliphatic rings. The molecular formula is C21H24FN9O. The highest BCUT2D eigenvalue weighted by Crippen LogP contribution is 2.40. The fourth-order valence-electron chi connectivity index (χ4n) is 4.52. The standard InChI is InChI=1S/C21H24FN9O/c1-30-28-20(27-29-30)11-2-6-14(17(32)8-11)21-23-10-18(25-26-21)31(13-4-5-13)16-9-12-3-7-15(24-12)19(16)22/h2,6,8,10,12-13,15-16,19,24,32H,3-5,7,9H2,1H3/t12-,15+,16+,19-/m0/s1/i1D3,4D2,5D2,13D. The molecule has 2 saturated heterocycles. The molecule has 1 aromatic carbocycles. The Morgan fingerprint density at radius 1 is 1.28 bits per heavy atom. The van der Waals surface area contributed by atoms with Gasteiger partial charge in [-0.2, -0.15) is 4.80 Å². The van der Waals surface area contributed by atoms with Crippen molar-refractivity contribution in [2.24, 2.45) is 6.98 Å². The number of anilines is 1. The van der Waals surface area contributed by atoms with Gasteiger partial charge in [0.2, 0.25) is 5.82 Å². The number of piperidine rings is 1. The van der Waals surface area contributed by atoms with Gasteiger partial charge in [0, 0.05) is 33.3 Å². The van der Waals surface area contributed by atoms with Gasteiger partial charge in [0.15, 0.2) is 11.6 Å². The van der Waals surface area contributed by atoms with Gasteiger partial charge < -0.3 is 15.3 Å². The number of phenolic OH excluding ortho intramolecular Hbond substituents is 1. The molecule has 2 bridgehead atoms. The number of aromatic hydroxyl groups is 1. The molecule has 4 heterocycles. The van der Waals surface area contributed by atoms with E-state index in [9.17, 15) is 5.11 Å². The summed E-state index contributed by atoms with van der Waals surface area (Å²) in [4.78, 5) is 5.74. The Bertz CT molecular complexity index is 1440. The van der Waals surface area contributed by atoms with Crippen LogP contribution >= 0.6 is 0 Å². The Hall–Kier alpha value is -3.21. The summed E-state index contributed by atoms with van der Waals surface area (Å²) in [5, 5.41) is 32.9. The lowest BCUT2D eigenvalue weighted by atomic mass is 9.96. The minimum Gasteiger partial charge on any atom is -0.507 e. The molecule has 2 N–H and O–H groups in total. The highest BCUT2D eigenvalue weighted by Gasteiger charge is 2.48. The number of nitrogens with zero attached hydrogens (tertiary/aromatic N) is 8. The van der Waals surface area contributed by atoms with Crippen LogP contribution in [0.5, 0.6) is 5.75 Å². The number of rotatable bonds is 5. The number of nitrogens with one attached hydrogen (secondary N) is 1. The van der Waals surface area contributed by atoms with Gasteiger partial charge in [-0.15, -0.1) is 20.4 Å². The van der Waals surface area contributed by atoms with E-state index in [1.165, 1.54) is 18.2 Å². The van der Waals surface area contributed by atoms with Gasteiger partial charge >= 0.3 is 0 Å². The third-order valence-electron chi connectivity index (χ3n) is 6.07. The van der Waals surface area contributed by atoms with Crippen LogP contribution < -0.4 is 10.2 Å². The number of hydrogen-bond acceptors (Lipinski definition) is 9. The van der Waals surface area contributed by atoms with Crippen molar-refractivity contribution < 1.29 is 20.5 Å². The highest BCUT2D eigenvalue weighted by atomic mass is 19.1. The Labute approximate surface area is 195 Å². The molecule has 0 radical (unpaired) electrons. The van der Waals surface area contributed by atoms with Crippen molar-refractivity contribution >= 4 is 5.82 Å². The number of phenols is 1. The first-order valence-electron chi connectivity index (χ1n) is 14.2. The van der Waals surface area contributed by atoms with Crippen molar-refractivity contribution in [1.29, 1.82) is 0 Å². The number of fused-ring (bicyclic) bond motifs is 2. The third kappa shape index (κ3) is 3.36. The van der Waals surface area contributed by atoms with E-state index in [4.69, 9.17) is 11.0 Å². The summed E-state index contributed by atoms with van der Waals surface area (Å²) in [5.74, 6) is -0.539. The lowest BCUT2D eigenvalue weighted by molar-refractivity contribution is 0.171. The molecule has 1 saturated carbocycles. The number of halogens is 1. The van der Waals surface area contributed by atoms with Gasteiger partial charge in [-0.25, -0.2) is 9.37 Å². The normalized spacial score (nSPS) is 35.2. The van der Waals surface area contributed by atoms with E-state index in [0.717, 1.165) is 17.5 Å². The second kappa shape index (κ2) is 7.44. The average molecular weight is 446 g/mol. The van der Waals surface area contributed by atoms with Gasteiger partial charge in [0.05, 0.1) is 26.1 Å². The maximum Gasteiger partial charge on any atom is 0.205 e. The summed E-state index contributed by atoms with van der Waals surface area (Å²) in [6.07, 6.45) is -4.00. The zero-order valence-electron chi connectivity index (χ0n) is 24.6. The van der Waals surface area contributed by atoms with E-state index >= 15 is 4.39 Å². The second-order valence-electron chi connectivity index (χ2n) is 8.04. The molecule has 11 heteroatoms. The second-order valence-corrected chi connectivity index (χ2v) is 8.04. The molecule has 10 nitrogen and oxygen atoms in total. The van der Waals surface area contributed by atoms with Crippen molar-refractivity contribution in [3.8, 4) is 28.5 Å². The lowest BCUT2D eigenvalue weighted by Gasteiger charge is -2.40. The number of tetrazole rings is 1. The summed E-state index contributed by atoms with van der Waals surface area (Å²) in [5.41, 5.74) is 0.412. The van der Waals surface area contributed by atoms with E-state index in [-0.39, 0.29) is 46.8 Å². The van der Waals surface area contributed by atoms with E-state index in [1.807, 2.05) is 0 Å². The van der Waals surface area contributed by atoms with E-state index in [0.29, 0.717) is 11.2 Å². The number of aromatic nitrogens is 7. The summed E-state index contributed by atoms with van der Waals surface area (Å²) < 4.78 is 79.2. The first kappa shape index (κ1) is 12.7. The maximum atomic E-state index is 15.6. The van der Waals surface area contributed by atoms with Crippen LogP contribution in [0.2, 0.25) is 0 Å². The van der Waals surface area contributed by atoms with Gasteiger partial charge in [-0.05, 0) is 49.4 Å². The molecule has 0 unspecified atom stereocenters. The zero-order chi connectivity index (χ0) is 28.8. The first-order chi connectivity index (χ1) is 18.7. The van der Waals surface area contributed by atoms with Crippen LogP contribution in [-0.4, -0.2) is 70.8 Å². The van der Waals surface area contributed by atoms with Crippen molar-refractivity contribution in [1.82, 2.24) is 40.7 Å². The van der Waals surface area contributed by atoms with E-state index in [2.05, 4.69) is 35.9 Å². The van der Waals surface area contributed by atoms with E-state index in [1.54, 1.807) is 0 Å². The Morgan fingerprint density at radius 2 is 2.19 bits per heavy atom. The summed E-state index contributed by atoms with van der Waals surface area (Å²) in [6, 6.07) is 0.184. The van der Waals surface area contributed by atoms with Gasteiger partial charge in [0.25, 0.3) is 0 Å². The smallest absolute Gasteiger partial charge is 0.205 e. The van der Waals surface area contributed by atoms with Gasteiger partial charge in [-0.1, -0.05) is 6.07 Å². The van der Waals surface area contributed by atoms with Gasteiger partial charge in [0.1, 0.15) is 11.9 Å². The van der Waals surface area contributed by atoms with Crippen LogP contribution in [0, 0.1) is 0 Å². The van der Waals surface area contributed by atoms with Crippen molar-refractivity contribution in [3.63, 3.8) is 0 Å². The number of benzene rings is 1. The fraction of sp³-hybridized carbons (Fsp3) is 0.524. The molecule has 4 atom stereocenters. The SMILES string of the molecule is [2H]C([2H])([2H])n1nnc(-c2ccc(-c3ncc(N([C@@H]4C[C@@H]5CC[C@@H](N5)[C@@H]4F)C4([2H])C([2H])([2H])C4([2H])[2H])nn3)c(O)c2)n1.